The summed E-state index contributed by atoms with van der Waals surface area (Å²) < 4.78 is 45.7. The zero-order valence-corrected chi connectivity index (χ0v) is 16.4. The fourth-order valence-electron chi connectivity index (χ4n) is 2.65. The van der Waals surface area contributed by atoms with Gasteiger partial charge in [0, 0.05) is 11.9 Å². The van der Waals surface area contributed by atoms with Gasteiger partial charge in [-0.2, -0.15) is 18.2 Å². The van der Waals surface area contributed by atoms with E-state index in [0.29, 0.717) is 5.69 Å². The highest BCUT2D eigenvalue weighted by Gasteiger charge is 2.35. The standard InChI is InChI=1S/C22H22F3N3O/c1-21(2,3)16-9-11-17(12-10-16)27-19-18(22(23,24)25)13-26-20(28-19)29-14-15-7-5-4-6-8-15/h4-13H,14H2,1-3H3,(H,26,27,28). The molecule has 0 atom stereocenters. The van der Waals surface area contributed by atoms with E-state index < -0.39 is 11.7 Å². The van der Waals surface area contributed by atoms with E-state index in [9.17, 15) is 13.2 Å². The zero-order valence-electron chi connectivity index (χ0n) is 16.4. The molecule has 0 aliphatic carbocycles. The maximum Gasteiger partial charge on any atom is 0.421 e. The molecule has 1 N–H and O–H groups in total. The number of nitrogens with one attached hydrogen (secondary N) is 1. The first-order valence-corrected chi connectivity index (χ1v) is 9.11. The maximum absolute atomic E-state index is 13.4. The average molecular weight is 401 g/mol. The number of aromatic nitrogens is 2. The summed E-state index contributed by atoms with van der Waals surface area (Å²) in [5, 5.41) is 2.75. The number of hydrogen-bond acceptors (Lipinski definition) is 4. The number of hydrogen-bond donors (Lipinski definition) is 1. The second-order valence-electron chi connectivity index (χ2n) is 7.64. The predicted molar refractivity (Wildman–Crippen MR) is 106 cm³/mol. The molecule has 4 nitrogen and oxygen atoms in total. The summed E-state index contributed by atoms with van der Waals surface area (Å²) in [7, 11) is 0. The van der Waals surface area contributed by atoms with Crippen LogP contribution < -0.4 is 10.1 Å². The molecule has 2 aromatic carbocycles. The lowest BCUT2D eigenvalue weighted by Gasteiger charge is -2.19. The summed E-state index contributed by atoms with van der Waals surface area (Å²) in [4.78, 5) is 7.67. The number of alkyl halides is 3. The molecule has 29 heavy (non-hydrogen) atoms. The normalized spacial score (nSPS) is 11.9. The lowest BCUT2D eigenvalue weighted by molar-refractivity contribution is -0.137. The van der Waals surface area contributed by atoms with E-state index in [4.69, 9.17) is 4.74 Å². The summed E-state index contributed by atoms with van der Waals surface area (Å²) in [6.07, 6.45) is -3.86. The first-order chi connectivity index (χ1) is 13.6. The topological polar surface area (TPSA) is 47.0 Å². The van der Waals surface area contributed by atoms with Crippen molar-refractivity contribution in [2.45, 2.75) is 39.0 Å². The molecule has 0 amide bonds. The van der Waals surface area contributed by atoms with Crippen molar-refractivity contribution in [2.75, 3.05) is 5.32 Å². The van der Waals surface area contributed by atoms with Crippen molar-refractivity contribution in [3.63, 3.8) is 0 Å². The van der Waals surface area contributed by atoms with Gasteiger partial charge >= 0.3 is 12.2 Å². The Bertz CT molecular complexity index is 950. The third-order valence-electron chi connectivity index (χ3n) is 4.30. The Morgan fingerprint density at radius 3 is 2.17 bits per heavy atom. The third-order valence-corrected chi connectivity index (χ3v) is 4.30. The van der Waals surface area contributed by atoms with Crippen LogP contribution in [0.25, 0.3) is 0 Å². The van der Waals surface area contributed by atoms with Gasteiger partial charge in [0.15, 0.2) is 0 Å². The first-order valence-electron chi connectivity index (χ1n) is 9.11. The van der Waals surface area contributed by atoms with Crippen LogP contribution in [0.1, 0.15) is 37.5 Å². The van der Waals surface area contributed by atoms with Crippen molar-refractivity contribution >= 4 is 11.5 Å². The molecule has 152 valence electrons. The van der Waals surface area contributed by atoms with E-state index in [1.54, 1.807) is 12.1 Å². The molecular formula is C22H22F3N3O. The van der Waals surface area contributed by atoms with Gasteiger partial charge in [0.1, 0.15) is 18.0 Å². The van der Waals surface area contributed by atoms with Crippen molar-refractivity contribution in [3.05, 3.63) is 77.5 Å². The van der Waals surface area contributed by atoms with Crippen LogP contribution in [0.2, 0.25) is 0 Å². The summed E-state index contributed by atoms with van der Waals surface area (Å²) in [5.74, 6) is -0.348. The van der Waals surface area contributed by atoms with Crippen molar-refractivity contribution in [1.82, 2.24) is 9.97 Å². The van der Waals surface area contributed by atoms with Gasteiger partial charge in [0.05, 0.1) is 0 Å². The Morgan fingerprint density at radius 1 is 0.931 bits per heavy atom. The molecule has 0 saturated carbocycles. The largest absolute Gasteiger partial charge is 0.459 e. The molecule has 3 aromatic rings. The van der Waals surface area contributed by atoms with Gasteiger partial charge in [-0.25, -0.2) is 4.98 Å². The minimum atomic E-state index is -4.59. The fourth-order valence-corrected chi connectivity index (χ4v) is 2.65. The van der Waals surface area contributed by atoms with Crippen LogP contribution in [0.4, 0.5) is 24.7 Å². The van der Waals surface area contributed by atoms with E-state index in [1.807, 2.05) is 42.5 Å². The van der Waals surface area contributed by atoms with Crippen molar-refractivity contribution in [1.29, 1.82) is 0 Å². The van der Waals surface area contributed by atoms with Gasteiger partial charge in [0.25, 0.3) is 0 Å². The van der Waals surface area contributed by atoms with Crippen molar-refractivity contribution in [3.8, 4) is 6.01 Å². The van der Waals surface area contributed by atoms with Gasteiger partial charge in [-0.1, -0.05) is 63.2 Å². The molecule has 0 aliphatic rings. The second-order valence-corrected chi connectivity index (χ2v) is 7.64. The van der Waals surface area contributed by atoms with Crippen LogP contribution >= 0.6 is 0 Å². The van der Waals surface area contributed by atoms with Crippen LogP contribution in [-0.4, -0.2) is 9.97 Å². The van der Waals surface area contributed by atoms with Gasteiger partial charge in [-0.05, 0) is 28.7 Å². The third kappa shape index (κ3) is 5.47. The zero-order chi connectivity index (χ0) is 21.1. The number of rotatable bonds is 5. The van der Waals surface area contributed by atoms with Crippen LogP contribution in [-0.2, 0) is 18.2 Å². The summed E-state index contributed by atoms with van der Waals surface area (Å²) in [6, 6.07) is 16.3. The molecule has 0 unspecified atom stereocenters. The Hall–Kier alpha value is -3.09. The van der Waals surface area contributed by atoms with E-state index in [2.05, 4.69) is 36.1 Å². The smallest absolute Gasteiger partial charge is 0.421 e. The number of halogens is 3. The molecule has 1 heterocycles. The minimum Gasteiger partial charge on any atom is -0.459 e. The molecule has 0 fully saturated rings. The lowest BCUT2D eigenvalue weighted by atomic mass is 9.87. The number of anilines is 2. The Balaban J connectivity index is 1.84. The number of benzene rings is 2. The Kier molecular flexibility index (Phi) is 5.77. The highest BCUT2D eigenvalue weighted by molar-refractivity contribution is 5.60. The molecule has 0 spiro atoms. The lowest BCUT2D eigenvalue weighted by Crippen LogP contribution is -2.13. The van der Waals surface area contributed by atoms with E-state index in [1.165, 1.54) is 0 Å². The SMILES string of the molecule is CC(C)(C)c1ccc(Nc2nc(OCc3ccccc3)ncc2C(F)(F)F)cc1. The molecule has 3 rings (SSSR count). The Labute approximate surface area is 167 Å². The van der Waals surface area contributed by atoms with Gasteiger partial charge in [-0.15, -0.1) is 0 Å². The minimum absolute atomic E-state index is 0.0526. The van der Waals surface area contributed by atoms with E-state index in [0.717, 1.165) is 17.3 Å². The van der Waals surface area contributed by atoms with Crippen molar-refractivity contribution in [2.24, 2.45) is 0 Å². The van der Waals surface area contributed by atoms with Gasteiger partial charge in [0.2, 0.25) is 0 Å². The van der Waals surface area contributed by atoms with Crippen LogP contribution in [0.5, 0.6) is 6.01 Å². The van der Waals surface area contributed by atoms with Gasteiger partial charge < -0.3 is 10.1 Å². The summed E-state index contributed by atoms with van der Waals surface area (Å²) >= 11 is 0. The maximum atomic E-state index is 13.4. The average Bonchev–Trinajstić information content (AvgIpc) is 2.66. The molecular weight excluding hydrogens is 379 g/mol. The molecule has 0 bridgehead atoms. The molecule has 0 saturated heterocycles. The van der Waals surface area contributed by atoms with Crippen LogP contribution in [0.3, 0.4) is 0 Å². The van der Waals surface area contributed by atoms with Crippen LogP contribution in [0, 0.1) is 0 Å². The van der Waals surface area contributed by atoms with Crippen LogP contribution in [0.15, 0.2) is 60.8 Å². The predicted octanol–water partition coefficient (Wildman–Crippen LogP) is 6.12. The molecule has 0 radical (unpaired) electrons. The monoisotopic (exact) mass is 401 g/mol. The van der Waals surface area contributed by atoms with Crippen molar-refractivity contribution < 1.29 is 17.9 Å². The first kappa shape index (κ1) is 20.6. The number of nitrogens with zero attached hydrogens (tertiary/aromatic N) is 2. The summed E-state index contributed by atoms with van der Waals surface area (Å²) in [6.45, 7) is 6.36. The highest BCUT2D eigenvalue weighted by Crippen LogP contribution is 2.35. The fraction of sp³-hybridized carbons (Fsp3) is 0.273. The Morgan fingerprint density at radius 2 is 1.59 bits per heavy atom. The second kappa shape index (κ2) is 8.11. The molecule has 0 aliphatic heterocycles. The molecule has 7 heteroatoms. The molecule has 1 aromatic heterocycles. The highest BCUT2D eigenvalue weighted by atomic mass is 19.4. The van der Waals surface area contributed by atoms with E-state index in [-0.39, 0.29) is 23.9 Å². The quantitative estimate of drug-likeness (QED) is 0.560. The van der Waals surface area contributed by atoms with Gasteiger partial charge in [-0.3, -0.25) is 0 Å². The number of ether oxygens (including phenoxy) is 1. The summed E-state index contributed by atoms with van der Waals surface area (Å²) in [5.41, 5.74) is 1.43. The van der Waals surface area contributed by atoms with E-state index >= 15 is 0 Å².